The fraction of sp³-hybridized carbons (Fsp3) is 0.875. The van der Waals surface area contributed by atoms with Gasteiger partial charge in [-0.2, -0.15) is 0 Å². The summed E-state index contributed by atoms with van der Waals surface area (Å²) in [6.07, 6.45) is 0.338. The van der Waals surface area contributed by atoms with Gasteiger partial charge in [-0.05, 0) is 34.1 Å². The van der Waals surface area contributed by atoms with Crippen molar-refractivity contribution < 1.29 is 19.0 Å². The van der Waals surface area contributed by atoms with Crippen molar-refractivity contribution in [2.45, 2.75) is 39.7 Å². The number of nitrogens with one attached hydrogen (secondary N) is 3. The Kier molecular flexibility index (Phi) is 17.6. The Hall–Kier alpha value is -0.810. The van der Waals surface area contributed by atoms with Crippen LogP contribution in [0.5, 0.6) is 0 Å². The van der Waals surface area contributed by atoms with Crippen LogP contribution in [-0.4, -0.2) is 70.8 Å². The zero-order valence-electron chi connectivity index (χ0n) is 16.1. The Bertz CT molecular complexity index is 363. The first kappa shape index (κ1) is 26.4. The number of nitrogens with zero attached hydrogens (tertiary/aromatic N) is 1. The normalized spacial score (nSPS) is 11.5. The lowest BCUT2D eigenvalue weighted by molar-refractivity contribution is 0.0527. The third-order valence-corrected chi connectivity index (χ3v) is 2.59. The highest BCUT2D eigenvalue weighted by Gasteiger charge is 2.15. The van der Waals surface area contributed by atoms with Gasteiger partial charge in [-0.3, -0.25) is 4.99 Å². The van der Waals surface area contributed by atoms with Crippen LogP contribution in [0.3, 0.4) is 0 Å². The van der Waals surface area contributed by atoms with E-state index in [1.54, 1.807) is 7.11 Å². The second-order valence-electron chi connectivity index (χ2n) is 6.07. The van der Waals surface area contributed by atoms with E-state index >= 15 is 0 Å². The van der Waals surface area contributed by atoms with Crippen molar-refractivity contribution in [2.24, 2.45) is 4.99 Å². The lowest BCUT2D eigenvalue weighted by Gasteiger charge is -2.19. The molecule has 0 aromatic rings. The number of methoxy groups -OCH3 is 1. The number of guanidine groups is 1. The molecular formula is C16H35IN4O4. The zero-order valence-corrected chi connectivity index (χ0v) is 18.5. The van der Waals surface area contributed by atoms with E-state index in [9.17, 15) is 4.79 Å². The van der Waals surface area contributed by atoms with Gasteiger partial charge < -0.3 is 30.2 Å². The van der Waals surface area contributed by atoms with E-state index in [0.717, 1.165) is 18.9 Å². The maximum atomic E-state index is 11.5. The maximum Gasteiger partial charge on any atom is 0.407 e. The zero-order chi connectivity index (χ0) is 18.3. The number of rotatable bonds is 11. The number of ether oxygens (including phenoxy) is 3. The molecule has 1 amide bonds. The lowest BCUT2D eigenvalue weighted by Crippen LogP contribution is -2.39. The molecule has 0 spiro atoms. The number of carbonyl (C=O) groups excluding carboxylic acids is 1. The summed E-state index contributed by atoms with van der Waals surface area (Å²) in [5, 5.41) is 9.07. The Morgan fingerprint density at radius 3 is 2.36 bits per heavy atom. The summed E-state index contributed by atoms with van der Waals surface area (Å²) in [5.41, 5.74) is -0.476. The molecule has 0 heterocycles. The van der Waals surface area contributed by atoms with E-state index in [4.69, 9.17) is 14.2 Å². The smallest absolute Gasteiger partial charge is 0.407 e. The average molecular weight is 474 g/mol. The molecule has 0 aliphatic heterocycles. The van der Waals surface area contributed by atoms with Gasteiger partial charge in [-0.1, -0.05) is 0 Å². The minimum Gasteiger partial charge on any atom is -0.444 e. The highest BCUT2D eigenvalue weighted by molar-refractivity contribution is 14.0. The highest BCUT2D eigenvalue weighted by atomic mass is 127. The summed E-state index contributed by atoms with van der Waals surface area (Å²) in [6, 6.07) is 0. The molecule has 25 heavy (non-hydrogen) atoms. The summed E-state index contributed by atoms with van der Waals surface area (Å²) in [5.74, 6) is 0.741. The molecule has 0 unspecified atom stereocenters. The van der Waals surface area contributed by atoms with E-state index in [0.29, 0.717) is 39.5 Å². The maximum absolute atomic E-state index is 11.5. The predicted octanol–water partition coefficient (Wildman–Crippen LogP) is 1.74. The van der Waals surface area contributed by atoms with Gasteiger partial charge in [-0.15, -0.1) is 24.0 Å². The molecule has 0 aliphatic carbocycles. The van der Waals surface area contributed by atoms with Crippen LogP contribution in [0.15, 0.2) is 4.99 Å². The summed E-state index contributed by atoms with van der Waals surface area (Å²) < 4.78 is 15.5. The van der Waals surface area contributed by atoms with Gasteiger partial charge in [0.1, 0.15) is 5.60 Å². The summed E-state index contributed by atoms with van der Waals surface area (Å²) in [6.45, 7) is 11.9. The first-order valence-corrected chi connectivity index (χ1v) is 8.44. The number of amides is 1. The number of carbonyl (C=O) groups is 1. The molecule has 9 heteroatoms. The topological polar surface area (TPSA) is 93.2 Å². The van der Waals surface area contributed by atoms with Gasteiger partial charge >= 0.3 is 6.09 Å². The third-order valence-electron chi connectivity index (χ3n) is 2.59. The summed E-state index contributed by atoms with van der Waals surface area (Å²) >= 11 is 0. The van der Waals surface area contributed by atoms with E-state index in [-0.39, 0.29) is 24.0 Å². The predicted molar refractivity (Wildman–Crippen MR) is 111 cm³/mol. The highest BCUT2D eigenvalue weighted by Crippen LogP contribution is 2.06. The lowest BCUT2D eigenvalue weighted by atomic mass is 10.2. The monoisotopic (exact) mass is 474 g/mol. The first-order chi connectivity index (χ1) is 11.4. The molecule has 0 aliphatic rings. The van der Waals surface area contributed by atoms with Gasteiger partial charge in [0.15, 0.2) is 5.96 Å². The van der Waals surface area contributed by atoms with Crippen molar-refractivity contribution in [1.82, 2.24) is 16.0 Å². The Labute approximate surface area is 168 Å². The fourth-order valence-corrected chi connectivity index (χ4v) is 1.60. The van der Waals surface area contributed by atoms with E-state index in [1.807, 2.05) is 27.7 Å². The van der Waals surface area contributed by atoms with Crippen molar-refractivity contribution in [3.63, 3.8) is 0 Å². The molecule has 0 aromatic heterocycles. The quantitative estimate of drug-likeness (QED) is 0.183. The largest absolute Gasteiger partial charge is 0.444 e. The molecule has 8 nitrogen and oxygen atoms in total. The summed E-state index contributed by atoms with van der Waals surface area (Å²) in [7, 11) is 1.65. The van der Waals surface area contributed by atoms with Crippen LogP contribution in [0.1, 0.15) is 34.1 Å². The minimum absolute atomic E-state index is 0. The van der Waals surface area contributed by atoms with Crippen LogP contribution in [0.25, 0.3) is 0 Å². The Morgan fingerprint density at radius 1 is 1.04 bits per heavy atom. The fourth-order valence-electron chi connectivity index (χ4n) is 1.60. The average Bonchev–Trinajstić information content (AvgIpc) is 2.48. The molecule has 0 saturated heterocycles. The van der Waals surface area contributed by atoms with Gasteiger partial charge in [0.25, 0.3) is 0 Å². The standard InChI is InChI=1S/C16H34N4O4.HI/c1-6-17-14(19-10-11-23-13-12-22-5)18-8-7-9-20-15(21)24-16(2,3)4;/h6-13H2,1-5H3,(H,20,21)(H2,17,18,19);1H. The van der Waals surface area contributed by atoms with Crippen LogP contribution in [0, 0.1) is 0 Å². The number of hydrogen-bond donors (Lipinski definition) is 3. The molecule has 0 bridgehead atoms. The van der Waals surface area contributed by atoms with Crippen molar-refractivity contribution in [2.75, 3.05) is 53.1 Å². The van der Waals surface area contributed by atoms with Gasteiger partial charge in [-0.25, -0.2) is 4.79 Å². The van der Waals surface area contributed by atoms with Gasteiger partial charge in [0, 0.05) is 33.3 Å². The first-order valence-electron chi connectivity index (χ1n) is 8.44. The molecule has 0 saturated carbocycles. The molecule has 0 aromatic carbocycles. The van der Waals surface area contributed by atoms with Gasteiger partial charge in [0.2, 0.25) is 0 Å². The third kappa shape index (κ3) is 19.4. The Morgan fingerprint density at radius 2 is 1.76 bits per heavy atom. The number of halogens is 1. The van der Waals surface area contributed by atoms with Crippen molar-refractivity contribution in [3.05, 3.63) is 0 Å². The van der Waals surface area contributed by atoms with Crippen molar-refractivity contribution in [3.8, 4) is 0 Å². The minimum atomic E-state index is -0.476. The molecular weight excluding hydrogens is 439 g/mol. The van der Waals surface area contributed by atoms with E-state index in [1.165, 1.54) is 0 Å². The number of hydrogen-bond acceptors (Lipinski definition) is 5. The molecule has 3 N–H and O–H groups in total. The second kappa shape index (κ2) is 16.6. The molecule has 150 valence electrons. The van der Waals surface area contributed by atoms with Crippen molar-refractivity contribution >= 4 is 36.0 Å². The van der Waals surface area contributed by atoms with Crippen LogP contribution in [-0.2, 0) is 14.2 Å². The van der Waals surface area contributed by atoms with Crippen LogP contribution in [0.4, 0.5) is 4.79 Å². The molecule has 0 fully saturated rings. The van der Waals surface area contributed by atoms with Crippen molar-refractivity contribution in [1.29, 1.82) is 0 Å². The summed E-state index contributed by atoms with van der Waals surface area (Å²) in [4.78, 5) is 15.9. The molecule has 0 rings (SSSR count). The van der Waals surface area contributed by atoms with E-state index < -0.39 is 11.7 Å². The molecule has 0 atom stereocenters. The molecule has 0 radical (unpaired) electrons. The number of alkyl carbamates (subject to hydrolysis) is 1. The Balaban J connectivity index is 0. The number of aliphatic imine (C=N–C) groups is 1. The van der Waals surface area contributed by atoms with E-state index in [2.05, 4.69) is 20.9 Å². The second-order valence-corrected chi connectivity index (χ2v) is 6.07. The SMILES string of the molecule is CCNC(=NCCCNC(=O)OC(C)(C)C)NCCOCCOC.I. The van der Waals surface area contributed by atoms with Crippen LogP contribution < -0.4 is 16.0 Å². The van der Waals surface area contributed by atoms with Crippen LogP contribution >= 0.6 is 24.0 Å². The van der Waals surface area contributed by atoms with Crippen LogP contribution in [0.2, 0.25) is 0 Å². The van der Waals surface area contributed by atoms with Gasteiger partial charge in [0.05, 0.1) is 19.8 Å².